The van der Waals surface area contributed by atoms with Crippen LogP contribution in [0, 0.1) is 28.9 Å². The molecule has 5 nitrogen and oxygen atoms in total. The highest BCUT2D eigenvalue weighted by Crippen LogP contribution is 2.65. The first-order valence-corrected chi connectivity index (χ1v) is 12.4. The molecule has 37 heavy (non-hydrogen) atoms. The first-order valence-electron chi connectivity index (χ1n) is 10.5. The molecule has 3 aromatic carbocycles. The van der Waals surface area contributed by atoms with Crippen molar-refractivity contribution in [3.63, 3.8) is 0 Å². The molecule has 0 aromatic heterocycles. The Morgan fingerprint density at radius 2 is 1.65 bits per heavy atom. The molecule has 4 rings (SSSR count). The Kier molecular flexibility index (Phi) is 7.62. The van der Waals surface area contributed by atoms with Gasteiger partial charge in [-0.25, -0.2) is 8.78 Å². The number of hydrogen-bond donors (Lipinski definition) is 1. The lowest BCUT2D eigenvalue weighted by atomic mass is 10.1. The van der Waals surface area contributed by atoms with Gasteiger partial charge in [0.15, 0.2) is 0 Å². The van der Waals surface area contributed by atoms with Crippen molar-refractivity contribution >= 4 is 81.2 Å². The van der Waals surface area contributed by atoms with Crippen molar-refractivity contribution in [2.45, 2.75) is 10.3 Å². The summed E-state index contributed by atoms with van der Waals surface area (Å²) in [6.07, 6.45) is 0. The number of nitrogens with one attached hydrogen (secondary N) is 1. The average molecular weight is 604 g/mol. The Balaban J connectivity index is 1.55. The minimum Gasteiger partial charge on any atom is -0.326 e. The third-order valence-electron chi connectivity index (χ3n) is 5.91. The molecule has 1 aliphatic carbocycles. The van der Waals surface area contributed by atoms with Crippen LogP contribution in [0.1, 0.15) is 27.4 Å². The first-order chi connectivity index (χ1) is 17.4. The number of amides is 2. The Hall–Kier alpha value is -2.60. The molecule has 0 saturated heterocycles. The lowest BCUT2D eigenvalue weighted by Gasteiger charge is -2.19. The topological polar surface area (TPSA) is 73.2 Å². The smallest absolute Gasteiger partial charge is 0.261 e. The summed E-state index contributed by atoms with van der Waals surface area (Å²) in [6, 6.07) is 11.7. The van der Waals surface area contributed by atoms with Crippen LogP contribution in [0.15, 0.2) is 48.5 Å². The van der Waals surface area contributed by atoms with E-state index in [2.05, 4.69) is 5.32 Å². The van der Waals surface area contributed by atoms with Gasteiger partial charge in [-0.2, -0.15) is 5.26 Å². The van der Waals surface area contributed by atoms with Crippen molar-refractivity contribution < 1.29 is 18.4 Å². The molecule has 1 saturated carbocycles. The minimum atomic E-state index is -1.48. The van der Waals surface area contributed by atoms with Crippen molar-refractivity contribution in [3.05, 3.63) is 91.9 Å². The number of nitrogens with zero attached hydrogens (tertiary/aromatic N) is 2. The number of anilines is 2. The summed E-state index contributed by atoms with van der Waals surface area (Å²) < 4.78 is 27.5. The zero-order valence-electron chi connectivity index (χ0n) is 18.6. The molecular formula is C25H14Cl5F2N3O2. The zero-order valence-corrected chi connectivity index (χ0v) is 22.4. The number of halogens is 7. The Bertz CT molecular complexity index is 1470. The molecule has 3 aromatic rings. The second-order valence-electron chi connectivity index (χ2n) is 8.25. The van der Waals surface area contributed by atoms with Gasteiger partial charge in [0.05, 0.1) is 43.9 Å². The molecule has 12 heteroatoms. The van der Waals surface area contributed by atoms with E-state index in [1.54, 1.807) is 6.07 Å². The van der Waals surface area contributed by atoms with Crippen molar-refractivity contribution in [3.8, 4) is 6.07 Å². The van der Waals surface area contributed by atoms with E-state index in [4.69, 9.17) is 63.3 Å². The molecule has 0 aliphatic heterocycles. The molecule has 0 unspecified atom stereocenters. The molecule has 0 bridgehead atoms. The second-order valence-corrected chi connectivity index (χ2v) is 10.9. The largest absolute Gasteiger partial charge is 0.326 e. The number of carbonyl (C=O) groups is 2. The number of alkyl halides is 2. The Labute approximate surface area is 235 Å². The molecule has 2 atom stereocenters. The summed E-state index contributed by atoms with van der Waals surface area (Å²) in [5, 5.41) is 12.0. The molecule has 0 spiro atoms. The van der Waals surface area contributed by atoms with Crippen molar-refractivity contribution in [1.29, 1.82) is 5.26 Å². The van der Waals surface area contributed by atoms with E-state index in [-0.39, 0.29) is 32.0 Å². The molecule has 1 fully saturated rings. The van der Waals surface area contributed by atoms with Gasteiger partial charge in [0.25, 0.3) is 5.91 Å². The predicted octanol–water partition coefficient (Wildman–Crippen LogP) is 7.60. The summed E-state index contributed by atoms with van der Waals surface area (Å²) in [5.41, 5.74) is 0.0776. The van der Waals surface area contributed by atoms with E-state index in [0.29, 0.717) is 5.56 Å². The van der Waals surface area contributed by atoms with Crippen molar-refractivity contribution in [1.82, 2.24) is 0 Å². The number of carbonyl (C=O) groups excluding carboxylic acids is 2. The maximum atomic E-state index is 14.6. The van der Waals surface area contributed by atoms with Gasteiger partial charge >= 0.3 is 0 Å². The van der Waals surface area contributed by atoms with Crippen LogP contribution in [0.4, 0.5) is 20.2 Å². The standard InChI is InChI=1S/C25H14Cl5F2N3O2/c1-35(19-5-2-11(10-33)6-18(19)32)24(37)14-9-13(3-4-17(14)31)34-23(36)21-20(25(21,29)30)12-7-15(26)22(28)16(27)8-12/h2-9,20-21H,1H3,(H,34,36)/t20-,21+/m0/s1. The number of benzene rings is 3. The van der Waals surface area contributed by atoms with Gasteiger partial charge in [0, 0.05) is 18.7 Å². The summed E-state index contributed by atoms with van der Waals surface area (Å²) in [4.78, 5) is 26.8. The van der Waals surface area contributed by atoms with Gasteiger partial charge in [0.2, 0.25) is 5.91 Å². The highest BCUT2D eigenvalue weighted by atomic mass is 35.5. The van der Waals surface area contributed by atoms with E-state index in [1.807, 2.05) is 0 Å². The van der Waals surface area contributed by atoms with Crippen LogP contribution >= 0.6 is 58.0 Å². The van der Waals surface area contributed by atoms with Gasteiger partial charge in [-0.05, 0) is 54.1 Å². The van der Waals surface area contributed by atoms with E-state index >= 15 is 0 Å². The SMILES string of the molecule is CN(C(=O)c1cc(NC(=O)[C@H]2[C@H](c3cc(Cl)c(Cl)c(Cl)c3)C2(Cl)Cl)ccc1F)c1ccc(C#N)cc1F. The van der Waals surface area contributed by atoms with E-state index in [0.717, 1.165) is 23.1 Å². The molecule has 1 N–H and O–H groups in total. The summed E-state index contributed by atoms with van der Waals surface area (Å²) >= 11 is 30.9. The number of rotatable bonds is 5. The summed E-state index contributed by atoms with van der Waals surface area (Å²) in [5.74, 6) is -4.76. The lowest BCUT2D eigenvalue weighted by Crippen LogP contribution is -2.28. The van der Waals surface area contributed by atoms with Crippen LogP contribution in [0.2, 0.25) is 15.1 Å². The van der Waals surface area contributed by atoms with Gasteiger partial charge in [-0.1, -0.05) is 34.8 Å². The van der Waals surface area contributed by atoms with Crippen molar-refractivity contribution in [2.24, 2.45) is 5.92 Å². The van der Waals surface area contributed by atoms with Crippen LogP contribution in [0.25, 0.3) is 0 Å². The molecule has 2 amide bonds. The van der Waals surface area contributed by atoms with Crippen LogP contribution in [0.3, 0.4) is 0 Å². The van der Waals surface area contributed by atoms with Crippen molar-refractivity contribution in [2.75, 3.05) is 17.3 Å². The van der Waals surface area contributed by atoms with E-state index in [1.165, 1.54) is 37.4 Å². The van der Waals surface area contributed by atoms with Gasteiger partial charge in [-0.15, -0.1) is 23.2 Å². The highest BCUT2D eigenvalue weighted by molar-refractivity contribution is 6.54. The molecule has 0 heterocycles. The van der Waals surface area contributed by atoms with Crippen LogP contribution in [0.5, 0.6) is 0 Å². The maximum absolute atomic E-state index is 14.6. The number of hydrogen-bond acceptors (Lipinski definition) is 3. The second kappa shape index (κ2) is 10.3. The quantitative estimate of drug-likeness (QED) is 0.241. The molecular weight excluding hydrogens is 590 g/mol. The number of nitriles is 1. The Morgan fingerprint density at radius 1 is 1.00 bits per heavy atom. The lowest BCUT2D eigenvalue weighted by molar-refractivity contribution is -0.117. The maximum Gasteiger partial charge on any atom is 0.261 e. The van der Waals surface area contributed by atoms with E-state index in [9.17, 15) is 18.4 Å². The van der Waals surface area contributed by atoms with E-state index < -0.39 is 45.2 Å². The van der Waals surface area contributed by atoms with Gasteiger partial charge in [-0.3, -0.25) is 9.59 Å². The van der Waals surface area contributed by atoms with Crippen LogP contribution < -0.4 is 10.2 Å². The first kappa shape index (κ1) is 27.4. The Morgan fingerprint density at radius 3 is 2.24 bits per heavy atom. The minimum absolute atomic E-state index is 0.0640. The monoisotopic (exact) mass is 601 g/mol. The van der Waals surface area contributed by atoms with Crippen LogP contribution in [-0.4, -0.2) is 23.2 Å². The predicted molar refractivity (Wildman–Crippen MR) is 141 cm³/mol. The summed E-state index contributed by atoms with van der Waals surface area (Å²) in [7, 11) is 1.25. The van der Waals surface area contributed by atoms with Gasteiger partial charge in [0.1, 0.15) is 16.0 Å². The molecule has 190 valence electrons. The molecule has 1 aliphatic rings. The van der Waals surface area contributed by atoms with Gasteiger partial charge < -0.3 is 10.2 Å². The van der Waals surface area contributed by atoms with Crippen LogP contribution in [-0.2, 0) is 4.79 Å². The average Bonchev–Trinajstić information content (AvgIpc) is 3.44. The normalized spacial score (nSPS) is 17.6. The highest BCUT2D eigenvalue weighted by Gasteiger charge is 2.67. The third-order valence-corrected chi connectivity index (χ3v) is 8.05. The fourth-order valence-electron chi connectivity index (χ4n) is 3.95. The fraction of sp³-hybridized carbons (Fsp3) is 0.160. The zero-order chi connectivity index (χ0) is 27.2. The third kappa shape index (κ3) is 5.22. The molecule has 0 radical (unpaired) electrons. The fourth-order valence-corrected chi connectivity index (χ4v) is 5.39. The summed E-state index contributed by atoms with van der Waals surface area (Å²) in [6.45, 7) is 0.